The van der Waals surface area contributed by atoms with Gasteiger partial charge in [0.15, 0.2) is 0 Å². The Morgan fingerprint density at radius 3 is 2.71 bits per heavy atom. The second-order valence-electron chi connectivity index (χ2n) is 5.31. The number of carbonyl (C=O) groups excluding carboxylic acids is 1. The highest BCUT2D eigenvalue weighted by Gasteiger charge is 2.26. The van der Waals surface area contributed by atoms with Crippen molar-refractivity contribution in [3.05, 3.63) is 32.6 Å². The van der Waals surface area contributed by atoms with Gasteiger partial charge in [-0.1, -0.05) is 0 Å². The minimum absolute atomic E-state index is 0.132. The van der Waals surface area contributed by atoms with E-state index in [1.807, 2.05) is 34.8 Å². The van der Waals surface area contributed by atoms with Gasteiger partial charge in [-0.3, -0.25) is 9.48 Å². The molecule has 2 aromatic heterocycles. The van der Waals surface area contributed by atoms with Crippen LogP contribution in [0.3, 0.4) is 0 Å². The lowest BCUT2D eigenvalue weighted by Gasteiger charge is -2.31. The zero-order valence-corrected chi connectivity index (χ0v) is 14.2. The van der Waals surface area contributed by atoms with E-state index in [-0.39, 0.29) is 5.91 Å². The molecule has 0 aromatic carbocycles. The van der Waals surface area contributed by atoms with Crippen LogP contribution in [0.15, 0.2) is 22.1 Å². The molecule has 7 heteroatoms. The molecule has 3 rings (SSSR count). The summed E-state index contributed by atoms with van der Waals surface area (Å²) in [4.78, 5) is 15.2. The number of nitrogens with two attached hydrogens (primary N) is 1. The predicted octanol–water partition coefficient (Wildman–Crippen LogP) is 3.08. The van der Waals surface area contributed by atoms with E-state index in [1.165, 1.54) is 11.3 Å². The molecule has 2 aromatic rings. The maximum Gasteiger partial charge on any atom is 0.263 e. The first-order valence-corrected chi connectivity index (χ1v) is 8.51. The standard InChI is InChI=1S/C14H17BrN4OS/c1-9-8-11(21-13(9)15)14(20)18-5-2-10(3-6-18)19-7-4-12(16)17-19/h4,7-8,10H,2-3,5-6H2,1H3,(H2,16,17). The van der Waals surface area contributed by atoms with Crippen LogP contribution >= 0.6 is 27.3 Å². The zero-order chi connectivity index (χ0) is 15.0. The average Bonchev–Trinajstić information content (AvgIpc) is 3.05. The number of nitrogen functional groups attached to an aromatic ring is 1. The smallest absolute Gasteiger partial charge is 0.263 e. The summed E-state index contributed by atoms with van der Waals surface area (Å²) in [5.74, 6) is 0.680. The molecule has 1 saturated heterocycles. The normalized spacial score (nSPS) is 16.4. The molecule has 0 saturated carbocycles. The Morgan fingerprint density at radius 2 is 2.19 bits per heavy atom. The number of likely N-dealkylation sites (tertiary alicyclic amines) is 1. The molecule has 0 atom stereocenters. The number of rotatable bonds is 2. The molecule has 1 aliphatic rings. The Labute approximate surface area is 135 Å². The van der Waals surface area contributed by atoms with Crippen LogP contribution in [0.2, 0.25) is 0 Å². The fraction of sp³-hybridized carbons (Fsp3) is 0.429. The number of piperidine rings is 1. The van der Waals surface area contributed by atoms with Crippen molar-refractivity contribution in [3.63, 3.8) is 0 Å². The molecule has 1 amide bonds. The highest BCUT2D eigenvalue weighted by atomic mass is 79.9. The Balaban J connectivity index is 1.64. The van der Waals surface area contributed by atoms with Crippen LogP contribution in [-0.2, 0) is 0 Å². The van der Waals surface area contributed by atoms with Crippen molar-refractivity contribution in [2.24, 2.45) is 0 Å². The van der Waals surface area contributed by atoms with E-state index in [1.54, 1.807) is 0 Å². The number of halogens is 1. The summed E-state index contributed by atoms with van der Waals surface area (Å²) >= 11 is 4.98. The molecule has 0 unspecified atom stereocenters. The van der Waals surface area contributed by atoms with Crippen LogP contribution in [0, 0.1) is 6.92 Å². The second-order valence-corrected chi connectivity index (χ2v) is 7.68. The Morgan fingerprint density at radius 1 is 1.48 bits per heavy atom. The van der Waals surface area contributed by atoms with Gasteiger partial charge in [0.05, 0.1) is 14.7 Å². The largest absolute Gasteiger partial charge is 0.382 e. The van der Waals surface area contributed by atoms with Crippen LogP contribution < -0.4 is 5.73 Å². The van der Waals surface area contributed by atoms with Gasteiger partial charge in [0.1, 0.15) is 5.82 Å². The van der Waals surface area contributed by atoms with E-state index >= 15 is 0 Å². The molecule has 5 nitrogen and oxygen atoms in total. The number of aryl methyl sites for hydroxylation is 1. The topological polar surface area (TPSA) is 64.2 Å². The molecule has 0 bridgehead atoms. The number of nitrogens with zero attached hydrogens (tertiary/aromatic N) is 3. The minimum atomic E-state index is 0.132. The third-order valence-corrected chi connectivity index (χ3v) is 5.95. The van der Waals surface area contributed by atoms with Crippen LogP contribution in [0.4, 0.5) is 5.82 Å². The van der Waals surface area contributed by atoms with E-state index in [0.29, 0.717) is 11.9 Å². The number of aromatic nitrogens is 2. The van der Waals surface area contributed by atoms with E-state index < -0.39 is 0 Å². The van der Waals surface area contributed by atoms with Crippen molar-refractivity contribution in [2.45, 2.75) is 25.8 Å². The molecule has 21 heavy (non-hydrogen) atoms. The minimum Gasteiger partial charge on any atom is -0.382 e. The number of carbonyl (C=O) groups is 1. The van der Waals surface area contributed by atoms with Gasteiger partial charge >= 0.3 is 0 Å². The average molecular weight is 369 g/mol. The molecule has 0 radical (unpaired) electrons. The van der Waals surface area contributed by atoms with Gasteiger partial charge < -0.3 is 10.6 Å². The monoisotopic (exact) mass is 368 g/mol. The summed E-state index contributed by atoms with van der Waals surface area (Å²) in [6.07, 6.45) is 3.74. The molecule has 112 valence electrons. The Bertz CT molecular complexity index is 638. The molecule has 3 heterocycles. The summed E-state index contributed by atoms with van der Waals surface area (Å²) in [5.41, 5.74) is 6.77. The molecule has 0 spiro atoms. The maximum absolute atomic E-state index is 12.5. The van der Waals surface area contributed by atoms with Crippen molar-refractivity contribution in [3.8, 4) is 0 Å². The number of anilines is 1. The number of hydrogen-bond acceptors (Lipinski definition) is 4. The molecular weight excluding hydrogens is 352 g/mol. The van der Waals surface area contributed by atoms with Crippen molar-refractivity contribution in [1.82, 2.24) is 14.7 Å². The fourth-order valence-corrected chi connectivity index (χ4v) is 4.11. The second kappa shape index (κ2) is 5.81. The van der Waals surface area contributed by atoms with Crippen LogP contribution in [0.5, 0.6) is 0 Å². The Hall–Kier alpha value is -1.34. The summed E-state index contributed by atoms with van der Waals surface area (Å²) < 4.78 is 2.95. The van der Waals surface area contributed by atoms with E-state index in [0.717, 1.165) is 40.2 Å². The van der Waals surface area contributed by atoms with Gasteiger partial charge in [0.25, 0.3) is 5.91 Å². The molecular formula is C14H17BrN4OS. The lowest BCUT2D eigenvalue weighted by molar-refractivity contribution is 0.0695. The van der Waals surface area contributed by atoms with Crippen molar-refractivity contribution in [2.75, 3.05) is 18.8 Å². The van der Waals surface area contributed by atoms with Crippen molar-refractivity contribution >= 4 is 39.0 Å². The van der Waals surface area contributed by atoms with Gasteiger partial charge in [0.2, 0.25) is 0 Å². The lowest BCUT2D eigenvalue weighted by atomic mass is 10.1. The van der Waals surface area contributed by atoms with E-state index in [4.69, 9.17) is 5.73 Å². The van der Waals surface area contributed by atoms with Crippen LogP contribution in [-0.4, -0.2) is 33.7 Å². The third-order valence-electron chi connectivity index (χ3n) is 3.82. The number of hydrogen-bond donors (Lipinski definition) is 1. The number of thiophene rings is 1. The van der Waals surface area contributed by atoms with Crippen LogP contribution in [0.1, 0.15) is 34.1 Å². The highest BCUT2D eigenvalue weighted by Crippen LogP contribution is 2.30. The van der Waals surface area contributed by atoms with Crippen LogP contribution in [0.25, 0.3) is 0 Å². The SMILES string of the molecule is Cc1cc(C(=O)N2CCC(n3ccc(N)n3)CC2)sc1Br. The van der Waals surface area contributed by atoms with Gasteiger partial charge in [0, 0.05) is 19.3 Å². The lowest BCUT2D eigenvalue weighted by Crippen LogP contribution is -2.38. The maximum atomic E-state index is 12.5. The molecule has 2 N–H and O–H groups in total. The first kappa shape index (κ1) is 14.6. The Kier molecular flexibility index (Phi) is 4.03. The molecule has 0 aliphatic carbocycles. The first-order valence-electron chi connectivity index (χ1n) is 6.90. The predicted molar refractivity (Wildman–Crippen MR) is 87.6 cm³/mol. The van der Waals surface area contributed by atoms with Gasteiger partial charge in [-0.2, -0.15) is 5.10 Å². The van der Waals surface area contributed by atoms with Gasteiger partial charge in [-0.25, -0.2) is 0 Å². The summed E-state index contributed by atoms with van der Waals surface area (Å²) in [6, 6.07) is 4.10. The summed E-state index contributed by atoms with van der Waals surface area (Å²) in [5, 5.41) is 4.26. The zero-order valence-electron chi connectivity index (χ0n) is 11.8. The number of amides is 1. The molecule has 1 aliphatic heterocycles. The first-order chi connectivity index (χ1) is 10.0. The summed E-state index contributed by atoms with van der Waals surface area (Å²) in [6.45, 7) is 3.53. The van der Waals surface area contributed by atoms with Crippen molar-refractivity contribution < 1.29 is 4.79 Å². The van der Waals surface area contributed by atoms with Crippen molar-refractivity contribution in [1.29, 1.82) is 0 Å². The van der Waals surface area contributed by atoms with E-state index in [9.17, 15) is 4.79 Å². The van der Waals surface area contributed by atoms with Gasteiger partial charge in [-0.15, -0.1) is 11.3 Å². The fourth-order valence-electron chi connectivity index (χ4n) is 2.61. The quantitative estimate of drug-likeness (QED) is 0.885. The molecule has 1 fully saturated rings. The summed E-state index contributed by atoms with van der Waals surface area (Å²) in [7, 11) is 0. The van der Waals surface area contributed by atoms with E-state index in [2.05, 4.69) is 21.0 Å². The van der Waals surface area contributed by atoms with Gasteiger partial charge in [-0.05, 0) is 53.4 Å². The third kappa shape index (κ3) is 2.98. The highest BCUT2D eigenvalue weighted by molar-refractivity contribution is 9.11.